The highest BCUT2D eigenvalue weighted by atomic mass is 16.6. The molecule has 0 fully saturated rings. The van der Waals surface area contributed by atoms with Crippen LogP contribution in [0.15, 0.2) is 24.3 Å². The smallest absolute Gasteiger partial charge is 0.306 e. The Morgan fingerprint density at radius 2 is 0.712 bits per heavy atom. The summed E-state index contributed by atoms with van der Waals surface area (Å²) in [5.41, 5.74) is 0. The van der Waals surface area contributed by atoms with Crippen molar-refractivity contribution in [3.05, 3.63) is 24.3 Å². The Bertz CT molecular complexity index is 791. The molecule has 0 rings (SSSR count). The van der Waals surface area contributed by atoms with E-state index in [9.17, 15) is 14.7 Å². The van der Waals surface area contributed by atoms with Crippen LogP contribution < -0.4 is 0 Å². The fourth-order valence-corrected chi connectivity index (χ4v) is 6.72. The Hall–Kier alpha value is -1.62. The molecule has 52 heavy (non-hydrogen) atoms. The van der Waals surface area contributed by atoms with Crippen molar-refractivity contribution in [3.63, 3.8) is 0 Å². The summed E-state index contributed by atoms with van der Waals surface area (Å²) in [5.74, 6) is -0.585. The van der Waals surface area contributed by atoms with Crippen LogP contribution in [0.25, 0.3) is 0 Å². The van der Waals surface area contributed by atoms with E-state index in [0.29, 0.717) is 12.8 Å². The van der Waals surface area contributed by atoms with Gasteiger partial charge in [0, 0.05) is 12.8 Å². The summed E-state index contributed by atoms with van der Waals surface area (Å²) in [4.78, 5) is 24.4. The van der Waals surface area contributed by atoms with Crippen molar-refractivity contribution < 1.29 is 24.2 Å². The third kappa shape index (κ3) is 41.1. The van der Waals surface area contributed by atoms with Gasteiger partial charge in [0.1, 0.15) is 6.61 Å². The Labute approximate surface area is 323 Å². The van der Waals surface area contributed by atoms with Crippen molar-refractivity contribution in [1.82, 2.24) is 0 Å². The summed E-state index contributed by atoms with van der Waals surface area (Å²) in [6, 6.07) is 0. The Balaban J connectivity index is 3.50. The molecule has 0 amide bonds. The minimum absolute atomic E-state index is 0.0640. The van der Waals surface area contributed by atoms with Crippen LogP contribution in [-0.2, 0) is 19.1 Å². The number of esters is 2. The van der Waals surface area contributed by atoms with Gasteiger partial charge in [0.05, 0.1) is 6.61 Å². The van der Waals surface area contributed by atoms with Gasteiger partial charge in [0.25, 0.3) is 0 Å². The molecule has 5 heteroatoms. The quantitative estimate of drug-likeness (QED) is 0.0384. The van der Waals surface area contributed by atoms with Crippen molar-refractivity contribution in [2.24, 2.45) is 0 Å². The second kappa shape index (κ2) is 43.8. The summed E-state index contributed by atoms with van der Waals surface area (Å²) in [6.45, 7) is 4.15. The van der Waals surface area contributed by atoms with Crippen molar-refractivity contribution in [2.75, 3.05) is 13.2 Å². The minimum atomic E-state index is -0.770. The predicted molar refractivity (Wildman–Crippen MR) is 224 cm³/mol. The molecule has 0 radical (unpaired) electrons. The van der Waals surface area contributed by atoms with Gasteiger partial charge < -0.3 is 14.6 Å². The molecular formula is C47H88O5. The summed E-state index contributed by atoms with van der Waals surface area (Å²) < 4.78 is 10.7. The van der Waals surface area contributed by atoms with Gasteiger partial charge in [-0.15, -0.1) is 0 Å². The van der Waals surface area contributed by atoms with E-state index in [-0.39, 0.29) is 25.2 Å². The monoisotopic (exact) mass is 733 g/mol. The van der Waals surface area contributed by atoms with E-state index in [1.807, 2.05) is 0 Å². The highest BCUT2D eigenvalue weighted by Gasteiger charge is 2.16. The first-order chi connectivity index (χ1) is 25.6. The topological polar surface area (TPSA) is 72.8 Å². The summed E-state index contributed by atoms with van der Waals surface area (Å²) in [5, 5.41) is 9.59. The largest absolute Gasteiger partial charge is 0.462 e. The van der Waals surface area contributed by atoms with E-state index in [1.165, 1.54) is 180 Å². The standard InChI is InChI=1S/C47H88O5/c1-3-5-7-9-11-13-15-17-19-21-23-25-27-29-31-33-35-37-39-41-46(49)51-44-45(43-48)52-47(50)42-40-38-36-34-32-30-28-26-24-22-20-18-16-14-12-10-8-6-4-2/h17-20,45,48H,3-16,21-44H2,1-2H3/b19-17-,20-18-/t45-/m0/s1. The first-order valence-electron chi connectivity index (χ1n) is 22.9. The van der Waals surface area contributed by atoms with Crippen LogP contribution in [0.4, 0.5) is 0 Å². The number of rotatable bonds is 42. The normalized spacial score (nSPS) is 12.3. The molecule has 0 saturated carbocycles. The number of allylic oxidation sites excluding steroid dienone is 4. The molecule has 0 heterocycles. The van der Waals surface area contributed by atoms with E-state index in [4.69, 9.17) is 9.47 Å². The zero-order chi connectivity index (χ0) is 37.8. The summed E-state index contributed by atoms with van der Waals surface area (Å²) in [7, 11) is 0. The molecule has 0 aliphatic heterocycles. The second-order valence-corrected chi connectivity index (χ2v) is 15.5. The van der Waals surface area contributed by atoms with Crippen LogP contribution in [0.2, 0.25) is 0 Å². The van der Waals surface area contributed by atoms with E-state index >= 15 is 0 Å². The molecule has 0 aliphatic rings. The van der Waals surface area contributed by atoms with E-state index in [1.54, 1.807) is 0 Å². The van der Waals surface area contributed by atoms with Crippen LogP contribution in [0.3, 0.4) is 0 Å². The van der Waals surface area contributed by atoms with Crippen LogP contribution in [0.5, 0.6) is 0 Å². The van der Waals surface area contributed by atoms with Gasteiger partial charge in [-0.1, -0.05) is 192 Å². The molecule has 0 aromatic carbocycles. The zero-order valence-electron chi connectivity index (χ0n) is 34.8. The van der Waals surface area contributed by atoms with Crippen molar-refractivity contribution in [2.45, 2.75) is 251 Å². The average Bonchev–Trinajstić information content (AvgIpc) is 3.15. The molecule has 0 saturated heterocycles. The van der Waals surface area contributed by atoms with E-state index in [0.717, 1.165) is 38.5 Å². The number of hydrogen-bond acceptors (Lipinski definition) is 5. The van der Waals surface area contributed by atoms with Crippen LogP contribution in [0.1, 0.15) is 245 Å². The maximum Gasteiger partial charge on any atom is 0.306 e. The van der Waals surface area contributed by atoms with Gasteiger partial charge in [-0.25, -0.2) is 0 Å². The number of carbonyl (C=O) groups is 2. The number of hydrogen-bond donors (Lipinski definition) is 1. The highest BCUT2D eigenvalue weighted by molar-refractivity contribution is 5.70. The summed E-state index contributed by atoms with van der Waals surface area (Å²) in [6.07, 6.45) is 52.5. The number of carbonyl (C=O) groups excluding carboxylic acids is 2. The second-order valence-electron chi connectivity index (χ2n) is 15.5. The maximum atomic E-state index is 12.2. The molecule has 5 nitrogen and oxygen atoms in total. The molecule has 0 unspecified atom stereocenters. The van der Waals surface area contributed by atoms with Crippen LogP contribution in [0, 0.1) is 0 Å². The lowest BCUT2D eigenvalue weighted by Gasteiger charge is -2.15. The van der Waals surface area contributed by atoms with Crippen LogP contribution >= 0.6 is 0 Å². The SMILES string of the molecule is CCCCCCCC/C=C\CCCCCCCCCCCC(=O)OC[C@H](CO)OC(=O)CCCCCCCCCCC/C=C\CCCCCCCC. The number of aliphatic hydroxyl groups excluding tert-OH is 1. The third-order valence-corrected chi connectivity index (χ3v) is 10.2. The third-order valence-electron chi connectivity index (χ3n) is 10.2. The fourth-order valence-electron chi connectivity index (χ4n) is 6.72. The molecule has 1 N–H and O–H groups in total. The average molecular weight is 733 g/mol. The molecule has 0 aromatic heterocycles. The maximum absolute atomic E-state index is 12.2. The minimum Gasteiger partial charge on any atom is -0.462 e. The van der Waals surface area contributed by atoms with Gasteiger partial charge in [-0.05, 0) is 64.2 Å². The van der Waals surface area contributed by atoms with Crippen molar-refractivity contribution in [1.29, 1.82) is 0 Å². The summed E-state index contributed by atoms with van der Waals surface area (Å²) >= 11 is 0. The van der Waals surface area contributed by atoms with Gasteiger partial charge in [-0.3, -0.25) is 9.59 Å². The zero-order valence-corrected chi connectivity index (χ0v) is 34.8. The van der Waals surface area contributed by atoms with Crippen molar-refractivity contribution >= 4 is 11.9 Å². The number of aliphatic hydroxyl groups is 1. The Morgan fingerprint density at radius 3 is 1.04 bits per heavy atom. The Kier molecular flexibility index (Phi) is 42.4. The lowest BCUT2D eigenvalue weighted by molar-refractivity contribution is -0.161. The first-order valence-corrected chi connectivity index (χ1v) is 22.9. The van der Waals surface area contributed by atoms with Crippen LogP contribution in [-0.4, -0.2) is 36.4 Å². The number of ether oxygens (including phenoxy) is 2. The molecule has 306 valence electrons. The van der Waals surface area contributed by atoms with Gasteiger partial charge >= 0.3 is 11.9 Å². The van der Waals surface area contributed by atoms with Gasteiger partial charge in [0.2, 0.25) is 0 Å². The molecule has 1 atom stereocenters. The molecule has 0 aliphatic carbocycles. The molecule has 0 spiro atoms. The lowest BCUT2D eigenvalue weighted by Crippen LogP contribution is -2.28. The lowest BCUT2D eigenvalue weighted by atomic mass is 10.1. The fraction of sp³-hybridized carbons (Fsp3) is 0.872. The molecule has 0 bridgehead atoms. The van der Waals surface area contributed by atoms with Gasteiger partial charge in [-0.2, -0.15) is 0 Å². The van der Waals surface area contributed by atoms with Gasteiger partial charge in [0.15, 0.2) is 6.10 Å². The van der Waals surface area contributed by atoms with Crippen molar-refractivity contribution in [3.8, 4) is 0 Å². The molecule has 0 aromatic rings. The predicted octanol–water partition coefficient (Wildman–Crippen LogP) is 14.6. The van der Waals surface area contributed by atoms with E-state index < -0.39 is 6.10 Å². The highest BCUT2D eigenvalue weighted by Crippen LogP contribution is 2.15. The number of unbranched alkanes of at least 4 members (excludes halogenated alkanes) is 30. The Morgan fingerprint density at radius 1 is 0.423 bits per heavy atom. The van der Waals surface area contributed by atoms with E-state index in [2.05, 4.69) is 38.2 Å². The first kappa shape index (κ1) is 50.4. The molecular weight excluding hydrogens is 645 g/mol.